The van der Waals surface area contributed by atoms with Crippen LogP contribution in [0.1, 0.15) is 22.3 Å². The first-order valence-corrected chi connectivity index (χ1v) is 9.88. The van der Waals surface area contributed by atoms with Gasteiger partial charge in [-0.05, 0) is 59.0 Å². The Kier molecular flexibility index (Phi) is 5.60. The predicted octanol–water partition coefficient (Wildman–Crippen LogP) is 4.18. The number of carbonyl (C=O) groups excluding carboxylic acids is 1. The van der Waals surface area contributed by atoms with Gasteiger partial charge in [-0.15, -0.1) is 0 Å². The number of benzene rings is 3. The minimum absolute atomic E-state index is 0.0390. The summed E-state index contributed by atoms with van der Waals surface area (Å²) < 4.78 is 19.5. The number of amides is 1. The largest absolute Gasteiger partial charge is 0.396 e. The Hall–Kier alpha value is -2.76. The van der Waals surface area contributed by atoms with E-state index < -0.39 is 0 Å². The summed E-state index contributed by atoms with van der Waals surface area (Å²) in [7, 11) is 0. The second-order valence-corrected chi connectivity index (χ2v) is 7.42. The molecule has 1 fully saturated rings. The van der Waals surface area contributed by atoms with E-state index in [9.17, 15) is 14.3 Å². The van der Waals surface area contributed by atoms with E-state index in [1.807, 2.05) is 43.3 Å². The monoisotopic (exact) mass is 393 g/mol. The van der Waals surface area contributed by atoms with Crippen molar-refractivity contribution in [1.29, 1.82) is 0 Å². The molecule has 4 rings (SSSR count). The molecule has 1 unspecified atom stereocenters. The average Bonchev–Trinajstić information content (AvgIpc) is 2.74. The molecule has 0 aliphatic carbocycles. The molecule has 0 radical (unpaired) electrons. The van der Waals surface area contributed by atoms with Crippen LogP contribution in [0.25, 0.3) is 21.9 Å². The van der Waals surface area contributed by atoms with Gasteiger partial charge in [0, 0.05) is 25.3 Å². The van der Waals surface area contributed by atoms with E-state index in [4.69, 9.17) is 4.74 Å². The van der Waals surface area contributed by atoms with Crippen LogP contribution in [0.2, 0.25) is 0 Å². The quantitative estimate of drug-likeness (QED) is 0.724. The first kappa shape index (κ1) is 19.6. The third-order valence-electron chi connectivity index (χ3n) is 5.52. The SMILES string of the molecule is Cc1ccc(F)cc1-c1cccc2c(C(=O)N3CCOC(CCO)C3)cccc12. The Morgan fingerprint density at radius 2 is 1.93 bits per heavy atom. The van der Waals surface area contributed by atoms with Crippen molar-refractivity contribution in [2.75, 3.05) is 26.3 Å². The number of ether oxygens (including phenoxy) is 1. The molecule has 1 heterocycles. The fourth-order valence-corrected chi connectivity index (χ4v) is 4.01. The van der Waals surface area contributed by atoms with E-state index >= 15 is 0 Å². The average molecular weight is 393 g/mol. The van der Waals surface area contributed by atoms with Gasteiger partial charge in [-0.1, -0.05) is 36.4 Å². The number of fused-ring (bicyclic) bond motifs is 1. The second-order valence-electron chi connectivity index (χ2n) is 7.42. The maximum atomic E-state index is 13.9. The molecule has 5 heteroatoms. The van der Waals surface area contributed by atoms with Crippen LogP contribution < -0.4 is 0 Å². The van der Waals surface area contributed by atoms with Gasteiger partial charge in [-0.25, -0.2) is 4.39 Å². The molecule has 0 saturated carbocycles. The highest BCUT2D eigenvalue weighted by molar-refractivity contribution is 6.10. The van der Waals surface area contributed by atoms with Gasteiger partial charge in [0.05, 0.1) is 12.7 Å². The molecule has 1 aliphatic rings. The number of aliphatic hydroxyl groups excluding tert-OH is 1. The number of carbonyl (C=O) groups is 1. The lowest BCUT2D eigenvalue weighted by atomic mass is 9.93. The minimum atomic E-state index is -0.280. The van der Waals surface area contributed by atoms with Crippen molar-refractivity contribution in [3.8, 4) is 11.1 Å². The van der Waals surface area contributed by atoms with Crippen molar-refractivity contribution in [2.24, 2.45) is 0 Å². The topological polar surface area (TPSA) is 49.8 Å². The molecular formula is C24H24FNO3. The van der Waals surface area contributed by atoms with E-state index in [-0.39, 0.29) is 24.4 Å². The molecule has 1 N–H and O–H groups in total. The maximum absolute atomic E-state index is 13.9. The number of aliphatic hydroxyl groups is 1. The van der Waals surface area contributed by atoms with Gasteiger partial charge < -0.3 is 14.7 Å². The zero-order valence-electron chi connectivity index (χ0n) is 16.4. The van der Waals surface area contributed by atoms with Crippen LogP contribution in [0.5, 0.6) is 0 Å². The van der Waals surface area contributed by atoms with Gasteiger partial charge in [0.25, 0.3) is 5.91 Å². The van der Waals surface area contributed by atoms with Crippen molar-refractivity contribution in [3.05, 3.63) is 71.5 Å². The highest BCUT2D eigenvalue weighted by Crippen LogP contribution is 2.33. The van der Waals surface area contributed by atoms with Crippen molar-refractivity contribution in [2.45, 2.75) is 19.4 Å². The minimum Gasteiger partial charge on any atom is -0.396 e. The van der Waals surface area contributed by atoms with Crippen molar-refractivity contribution < 1.29 is 19.0 Å². The van der Waals surface area contributed by atoms with Gasteiger partial charge in [0.2, 0.25) is 0 Å². The Balaban J connectivity index is 1.75. The van der Waals surface area contributed by atoms with Crippen LogP contribution in [0.3, 0.4) is 0 Å². The van der Waals surface area contributed by atoms with Crippen LogP contribution in [0, 0.1) is 12.7 Å². The zero-order chi connectivity index (χ0) is 20.4. The summed E-state index contributed by atoms with van der Waals surface area (Å²) >= 11 is 0. The van der Waals surface area contributed by atoms with Crippen molar-refractivity contribution in [1.82, 2.24) is 4.90 Å². The summed E-state index contributed by atoms with van der Waals surface area (Å²) in [6, 6.07) is 16.3. The van der Waals surface area contributed by atoms with Gasteiger partial charge in [0.15, 0.2) is 0 Å². The number of hydrogen-bond acceptors (Lipinski definition) is 3. The molecule has 0 spiro atoms. The van der Waals surface area contributed by atoms with E-state index in [1.54, 1.807) is 17.0 Å². The number of morpholine rings is 1. The highest BCUT2D eigenvalue weighted by atomic mass is 19.1. The molecule has 1 atom stereocenters. The maximum Gasteiger partial charge on any atom is 0.254 e. The molecule has 3 aromatic carbocycles. The summed E-state index contributed by atoms with van der Waals surface area (Å²) in [4.78, 5) is 15.1. The molecule has 1 aliphatic heterocycles. The third kappa shape index (κ3) is 3.88. The lowest BCUT2D eigenvalue weighted by Gasteiger charge is -2.33. The number of aryl methyl sites for hydroxylation is 1. The van der Waals surface area contributed by atoms with Crippen LogP contribution in [-0.2, 0) is 4.74 Å². The van der Waals surface area contributed by atoms with Gasteiger partial charge in [-0.3, -0.25) is 4.79 Å². The van der Waals surface area contributed by atoms with E-state index in [2.05, 4.69) is 0 Å². The molecule has 0 aromatic heterocycles. The Morgan fingerprint density at radius 3 is 2.76 bits per heavy atom. The molecular weight excluding hydrogens is 369 g/mol. The molecule has 150 valence electrons. The van der Waals surface area contributed by atoms with Gasteiger partial charge >= 0.3 is 0 Å². The third-order valence-corrected chi connectivity index (χ3v) is 5.52. The zero-order valence-corrected chi connectivity index (χ0v) is 16.4. The number of hydrogen-bond donors (Lipinski definition) is 1. The summed E-state index contributed by atoms with van der Waals surface area (Å²) in [5.41, 5.74) is 3.35. The Morgan fingerprint density at radius 1 is 1.14 bits per heavy atom. The van der Waals surface area contributed by atoms with Gasteiger partial charge in [0.1, 0.15) is 5.82 Å². The van der Waals surface area contributed by atoms with E-state index in [1.165, 1.54) is 6.07 Å². The second kappa shape index (κ2) is 8.31. The lowest BCUT2D eigenvalue weighted by molar-refractivity contribution is -0.0306. The molecule has 0 bridgehead atoms. The summed E-state index contributed by atoms with van der Waals surface area (Å²) in [6.45, 7) is 3.46. The number of rotatable bonds is 4. The van der Waals surface area contributed by atoms with Crippen LogP contribution >= 0.6 is 0 Å². The molecule has 1 amide bonds. The first-order chi connectivity index (χ1) is 14.1. The number of nitrogens with zero attached hydrogens (tertiary/aromatic N) is 1. The van der Waals surface area contributed by atoms with E-state index in [0.717, 1.165) is 27.5 Å². The van der Waals surface area contributed by atoms with E-state index in [0.29, 0.717) is 31.7 Å². The molecule has 3 aromatic rings. The fraction of sp³-hybridized carbons (Fsp3) is 0.292. The van der Waals surface area contributed by atoms with Crippen molar-refractivity contribution in [3.63, 3.8) is 0 Å². The summed E-state index contributed by atoms with van der Waals surface area (Å²) in [6.07, 6.45) is 0.376. The smallest absolute Gasteiger partial charge is 0.254 e. The summed E-state index contributed by atoms with van der Waals surface area (Å²) in [5.74, 6) is -0.326. The van der Waals surface area contributed by atoms with Crippen LogP contribution in [0.4, 0.5) is 4.39 Å². The summed E-state index contributed by atoms with van der Waals surface area (Å²) in [5, 5.41) is 10.9. The predicted molar refractivity (Wildman–Crippen MR) is 111 cm³/mol. The Bertz CT molecular complexity index is 1050. The molecule has 29 heavy (non-hydrogen) atoms. The fourth-order valence-electron chi connectivity index (χ4n) is 4.01. The highest BCUT2D eigenvalue weighted by Gasteiger charge is 2.26. The van der Waals surface area contributed by atoms with Crippen LogP contribution in [0.15, 0.2) is 54.6 Å². The van der Waals surface area contributed by atoms with Gasteiger partial charge in [-0.2, -0.15) is 0 Å². The lowest BCUT2D eigenvalue weighted by Crippen LogP contribution is -2.45. The Labute approximate surface area is 169 Å². The standard InChI is InChI=1S/C24H24FNO3/c1-16-8-9-17(25)14-23(16)21-6-2-5-20-19(21)4-3-7-22(20)24(28)26-11-13-29-18(15-26)10-12-27/h2-9,14,18,27H,10-13,15H2,1H3. The molecule has 1 saturated heterocycles. The normalized spacial score (nSPS) is 16.9. The van der Waals surface area contributed by atoms with Crippen LogP contribution in [-0.4, -0.2) is 48.3 Å². The molecule has 4 nitrogen and oxygen atoms in total. The number of halogens is 1. The van der Waals surface area contributed by atoms with Crippen molar-refractivity contribution >= 4 is 16.7 Å². The first-order valence-electron chi connectivity index (χ1n) is 9.88.